The summed E-state index contributed by atoms with van der Waals surface area (Å²) in [4.78, 5) is 30.0. The molecule has 154 valence electrons. The number of amides is 2. The first kappa shape index (κ1) is 18.5. The van der Waals surface area contributed by atoms with Gasteiger partial charge in [0.15, 0.2) is 5.69 Å². The molecule has 10 nitrogen and oxygen atoms in total. The molecule has 1 aliphatic carbocycles. The van der Waals surface area contributed by atoms with Gasteiger partial charge >= 0.3 is 0 Å². The van der Waals surface area contributed by atoms with Crippen LogP contribution in [0.25, 0.3) is 11.4 Å². The highest BCUT2D eigenvalue weighted by atomic mass is 16.2. The zero-order chi connectivity index (χ0) is 20.5. The van der Waals surface area contributed by atoms with Gasteiger partial charge in [-0.3, -0.25) is 19.4 Å². The predicted molar refractivity (Wildman–Crippen MR) is 109 cm³/mol. The number of carbonyl (C=O) groups excluding carboxylic acids is 2. The Morgan fingerprint density at radius 1 is 1.13 bits per heavy atom. The number of rotatable bonds is 6. The zero-order valence-corrected chi connectivity index (χ0v) is 16.3. The molecule has 2 amide bonds. The van der Waals surface area contributed by atoms with Crippen molar-refractivity contribution >= 4 is 17.5 Å². The van der Waals surface area contributed by atoms with E-state index in [-0.39, 0.29) is 29.4 Å². The molecule has 0 spiro atoms. The van der Waals surface area contributed by atoms with Gasteiger partial charge in [-0.2, -0.15) is 10.2 Å². The van der Waals surface area contributed by atoms with Crippen LogP contribution in [0.1, 0.15) is 46.3 Å². The third kappa shape index (κ3) is 3.81. The minimum atomic E-state index is -0.402. The Bertz CT molecular complexity index is 1060. The van der Waals surface area contributed by atoms with Crippen molar-refractivity contribution in [3.8, 4) is 11.4 Å². The first-order valence-corrected chi connectivity index (χ1v) is 10.1. The number of aromatic nitrogens is 5. The van der Waals surface area contributed by atoms with Gasteiger partial charge in [-0.25, -0.2) is 4.98 Å². The Labute approximate surface area is 172 Å². The Morgan fingerprint density at radius 2 is 2.03 bits per heavy atom. The van der Waals surface area contributed by atoms with Gasteiger partial charge < -0.3 is 16.0 Å². The van der Waals surface area contributed by atoms with Gasteiger partial charge in [-0.05, 0) is 44.0 Å². The lowest BCUT2D eigenvalue weighted by Crippen LogP contribution is -2.27. The molecule has 2 aliphatic rings. The van der Waals surface area contributed by atoms with E-state index in [9.17, 15) is 9.59 Å². The quantitative estimate of drug-likeness (QED) is 0.489. The molecule has 1 saturated heterocycles. The molecule has 1 aliphatic heterocycles. The highest BCUT2D eigenvalue weighted by Crippen LogP contribution is 2.24. The molecule has 5 rings (SSSR count). The van der Waals surface area contributed by atoms with Crippen LogP contribution in [-0.2, 0) is 0 Å². The largest absolute Gasteiger partial charge is 0.348 e. The fourth-order valence-electron chi connectivity index (χ4n) is 3.48. The number of nitrogens with zero attached hydrogens (tertiary/aromatic N) is 4. The van der Waals surface area contributed by atoms with E-state index in [1.54, 1.807) is 41.3 Å². The lowest BCUT2D eigenvalue weighted by molar-refractivity contribution is 0.0946. The summed E-state index contributed by atoms with van der Waals surface area (Å²) in [7, 11) is 0. The van der Waals surface area contributed by atoms with Crippen LogP contribution in [0.5, 0.6) is 0 Å². The third-order valence-corrected chi connectivity index (χ3v) is 5.27. The minimum absolute atomic E-state index is 0.157. The van der Waals surface area contributed by atoms with Crippen LogP contribution in [0.2, 0.25) is 0 Å². The van der Waals surface area contributed by atoms with E-state index in [4.69, 9.17) is 0 Å². The first-order valence-electron chi connectivity index (χ1n) is 10.1. The van der Waals surface area contributed by atoms with Crippen molar-refractivity contribution in [1.82, 2.24) is 35.6 Å². The Morgan fingerprint density at radius 3 is 2.77 bits per heavy atom. The second kappa shape index (κ2) is 7.71. The van der Waals surface area contributed by atoms with Crippen LogP contribution < -0.4 is 16.0 Å². The highest BCUT2D eigenvalue weighted by molar-refractivity contribution is 6.07. The molecule has 3 aromatic heterocycles. The van der Waals surface area contributed by atoms with E-state index in [0.717, 1.165) is 38.0 Å². The minimum Gasteiger partial charge on any atom is -0.348 e. The van der Waals surface area contributed by atoms with Crippen molar-refractivity contribution in [2.45, 2.75) is 31.3 Å². The SMILES string of the molecule is O=C(Nc1cn(C2CCNC2)nc1C(=O)NC1CC1)c1cccc(-c2ccn[nH]2)n1. The second-order valence-corrected chi connectivity index (χ2v) is 7.60. The molecule has 4 N–H and O–H groups in total. The van der Waals surface area contributed by atoms with Gasteiger partial charge in [-0.1, -0.05) is 6.07 Å². The van der Waals surface area contributed by atoms with E-state index in [1.807, 2.05) is 0 Å². The number of anilines is 1. The van der Waals surface area contributed by atoms with Crippen LogP contribution in [-0.4, -0.2) is 55.9 Å². The van der Waals surface area contributed by atoms with Crippen molar-refractivity contribution in [2.75, 3.05) is 18.4 Å². The maximum atomic E-state index is 12.9. The summed E-state index contributed by atoms with van der Waals surface area (Å²) in [5, 5.41) is 20.3. The monoisotopic (exact) mass is 406 g/mol. The molecule has 30 heavy (non-hydrogen) atoms. The predicted octanol–water partition coefficient (Wildman–Crippen LogP) is 1.35. The fraction of sp³-hybridized carbons (Fsp3) is 0.350. The molecule has 1 saturated carbocycles. The summed E-state index contributed by atoms with van der Waals surface area (Å²) in [6.45, 7) is 1.69. The van der Waals surface area contributed by atoms with Gasteiger partial charge in [0, 0.05) is 25.0 Å². The van der Waals surface area contributed by atoms with Crippen LogP contribution in [0.4, 0.5) is 5.69 Å². The van der Waals surface area contributed by atoms with Crippen molar-refractivity contribution in [3.63, 3.8) is 0 Å². The van der Waals surface area contributed by atoms with Crippen molar-refractivity contribution in [1.29, 1.82) is 0 Å². The molecule has 0 aromatic carbocycles. The van der Waals surface area contributed by atoms with Gasteiger partial charge in [0.25, 0.3) is 11.8 Å². The number of hydrogen-bond donors (Lipinski definition) is 4. The number of H-pyrrole nitrogens is 1. The molecule has 4 heterocycles. The lowest BCUT2D eigenvalue weighted by Gasteiger charge is -2.07. The number of carbonyl (C=O) groups is 2. The van der Waals surface area contributed by atoms with Gasteiger partial charge in [-0.15, -0.1) is 0 Å². The second-order valence-electron chi connectivity index (χ2n) is 7.60. The maximum absolute atomic E-state index is 12.9. The molecular weight excluding hydrogens is 384 g/mol. The summed E-state index contributed by atoms with van der Waals surface area (Å²) >= 11 is 0. The Kier molecular flexibility index (Phi) is 4.75. The average molecular weight is 406 g/mol. The molecule has 1 atom stereocenters. The van der Waals surface area contributed by atoms with Crippen molar-refractivity contribution < 1.29 is 9.59 Å². The zero-order valence-electron chi connectivity index (χ0n) is 16.3. The number of aromatic amines is 1. The standard InChI is InChI=1S/C20H22N8O2/c29-19(16-3-1-2-14(24-16)15-7-9-22-26-15)25-17-11-28(13-6-8-21-10-13)27-18(17)20(30)23-12-4-5-12/h1-3,7,9,11-13,21H,4-6,8,10H2,(H,22,26)(H,23,30)(H,25,29). The Hall–Kier alpha value is -3.53. The molecular formula is C20H22N8O2. The van der Waals surface area contributed by atoms with Gasteiger partial charge in [0.2, 0.25) is 0 Å². The highest BCUT2D eigenvalue weighted by Gasteiger charge is 2.29. The summed E-state index contributed by atoms with van der Waals surface area (Å²) in [5.41, 5.74) is 2.19. The fourth-order valence-corrected chi connectivity index (χ4v) is 3.48. The third-order valence-electron chi connectivity index (χ3n) is 5.27. The molecule has 1 unspecified atom stereocenters. The normalized spacial score (nSPS) is 18.3. The number of hydrogen-bond acceptors (Lipinski definition) is 6. The van der Waals surface area contributed by atoms with Crippen LogP contribution >= 0.6 is 0 Å². The van der Waals surface area contributed by atoms with E-state index < -0.39 is 5.91 Å². The average Bonchev–Trinajstić information content (AvgIpc) is 3.21. The van der Waals surface area contributed by atoms with E-state index in [1.165, 1.54) is 0 Å². The molecule has 3 aromatic rings. The van der Waals surface area contributed by atoms with E-state index >= 15 is 0 Å². The summed E-state index contributed by atoms with van der Waals surface area (Å²) in [5.74, 6) is -0.669. The number of pyridine rings is 1. The van der Waals surface area contributed by atoms with Crippen molar-refractivity contribution in [3.05, 3.63) is 48.0 Å². The molecule has 10 heteroatoms. The maximum Gasteiger partial charge on any atom is 0.274 e. The summed E-state index contributed by atoms with van der Waals surface area (Å²) in [6.07, 6.45) is 6.24. The van der Waals surface area contributed by atoms with E-state index in [0.29, 0.717) is 11.4 Å². The smallest absolute Gasteiger partial charge is 0.274 e. The van der Waals surface area contributed by atoms with Crippen LogP contribution in [0.3, 0.4) is 0 Å². The lowest BCUT2D eigenvalue weighted by atomic mass is 10.2. The summed E-state index contributed by atoms with van der Waals surface area (Å²) < 4.78 is 1.77. The Balaban J connectivity index is 1.40. The van der Waals surface area contributed by atoms with E-state index in [2.05, 4.69) is 36.2 Å². The van der Waals surface area contributed by atoms with Gasteiger partial charge in [0.1, 0.15) is 5.69 Å². The molecule has 0 bridgehead atoms. The van der Waals surface area contributed by atoms with Crippen LogP contribution in [0, 0.1) is 0 Å². The topological polar surface area (TPSA) is 130 Å². The van der Waals surface area contributed by atoms with Crippen molar-refractivity contribution in [2.24, 2.45) is 0 Å². The number of nitrogens with one attached hydrogen (secondary N) is 4. The molecule has 2 fully saturated rings. The molecule has 0 radical (unpaired) electrons. The van der Waals surface area contributed by atoms with Gasteiger partial charge in [0.05, 0.1) is 23.1 Å². The summed E-state index contributed by atoms with van der Waals surface area (Å²) in [6, 6.07) is 7.32. The van der Waals surface area contributed by atoms with Crippen LogP contribution in [0.15, 0.2) is 36.7 Å². The first-order chi connectivity index (χ1) is 14.7.